The number of Topliss-reactive ketones (excluding diaryl/α,β-unsaturated/α-hetero) is 2. The van der Waals surface area contributed by atoms with Crippen LogP contribution < -0.4 is 0 Å². The monoisotopic (exact) mass is 336 g/mol. The number of ether oxygens (including phenoxy) is 1. The first-order valence-electron chi connectivity index (χ1n) is 8.37. The molecule has 0 bridgehead atoms. The summed E-state index contributed by atoms with van der Waals surface area (Å²) >= 11 is 0. The van der Waals surface area contributed by atoms with E-state index >= 15 is 0 Å². The number of esters is 1. The van der Waals surface area contributed by atoms with Crippen molar-refractivity contribution in [2.24, 2.45) is 5.41 Å². The second-order valence-electron chi connectivity index (χ2n) is 6.67. The highest BCUT2D eigenvalue weighted by molar-refractivity contribution is 5.99. The van der Waals surface area contributed by atoms with Gasteiger partial charge in [0.15, 0.2) is 0 Å². The zero-order chi connectivity index (χ0) is 18.2. The van der Waals surface area contributed by atoms with E-state index in [0.717, 1.165) is 24.0 Å². The summed E-state index contributed by atoms with van der Waals surface area (Å²) in [6, 6.07) is 0. The van der Waals surface area contributed by atoms with Crippen LogP contribution in [0.15, 0.2) is 23.3 Å². The molecule has 0 saturated heterocycles. The first-order chi connectivity index (χ1) is 11.3. The number of hydrogen-bond donors (Lipinski definition) is 1. The number of ketones is 2. The van der Waals surface area contributed by atoms with Crippen molar-refractivity contribution in [3.05, 3.63) is 23.3 Å². The predicted molar refractivity (Wildman–Crippen MR) is 91.4 cm³/mol. The minimum absolute atomic E-state index is 0.0208. The second-order valence-corrected chi connectivity index (χ2v) is 6.67. The first kappa shape index (κ1) is 20.3. The van der Waals surface area contributed by atoms with Gasteiger partial charge >= 0.3 is 5.97 Å². The average molecular weight is 336 g/mol. The van der Waals surface area contributed by atoms with Crippen molar-refractivity contribution in [1.29, 1.82) is 0 Å². The number of carbonyl (C=O) groups is 3. The Morgan fingerprint density at radius 2 is 1.92 bits per heavy atom. The Morgan fingerprint density at radius 1 is 1.21 bits per heavy atom. The van der Waals surface area contributed by atoms with Gasteiger partial charge in [0.05, 0.1) is 20.1 Å². The van der Waals surface area contributed by atoms with Crippen molar-refractivity contribution in [1.82, 2.24) is 0 Å². The van der Waals surface area contributed by atoms with Gasteiger partial charge in [0.1, 0.15) is 11.6 Å². The maximum Gasteiger partial charge on any atom is 0.306 e. The molecule has 5 nitrogen and oxygen atoms in total. The zero-order valence-electron chi connectivity index (χ0n) is 14.9. The molecule has 5 heteroatoms. The lowest BCUT2D eigenvalue weighted by atomic mass is 9.68. The summed E-state index contributed by atoms with van der Waals surface area (Å²) in [7, 11) is 1.29. The van der Waals surface area contributed by atoms with Crippen LogP contribution in [0.1, 0.15) is 58.8 Å². The quantitative estimate of drug-likeness (QED) is 0.544. The van der Waals surface area contributed by atoms with Crippen LogP contribution in [0.25, 0.3) is 0 Å². The summed E-state index contributed by atoms with van der Waals surface area (Å²) in [6.07, 6.45) is 6.52. The molecule has 0 aromatic heterocycles. The van der Waals surface area contributed by atoms with Crippen LogP contribution in [0.4, 0.5) is 0 Å². The van der Waals surface area contributed by atoms with Crippen molar-refractivity contribution in [2.75, 3.05) is 13.7 Å². The van der Waals surface area contributed by atoms with Gasteiger partial charge in [-0.25, -0.2) is 0 Å². The van der Waals surface area contributed by atoms with Crippen LogP contribution >= 0.6 is 0 Å². The molecule has 24 heavy (non-hydrogen) atoms. The van der Waals surface area contributed by atoms with Gasteiger partial charge < -0.3 is 9.84 Å². The molecule has 0 amide bonds. The minimum Gasteiger partial charge on any atom is -0.469 e. The van der Waals surface area contributed by atoms with Crippen LogP contribution in [0.3, 0.4) is 0 Å². The number of aliphatic hydroxyl groups excluding tert-OH is 1. The standard InChI is InChI=1S/C19H28O5/c1-14(5-4-6-15(2)13-20)9-10-19(12-18(23)24-3)11-16(21)7-8-17(19)22/h6,9,20H,4-5,7-8,10-13H2,1-3H3/b14-9+,15-6+. The Kier molecular flexibility index (Phi) is 8.05. The van der Waals surface area contributed by atoms with Crippen LogP contribution in [0, 0.1) is 5.41 Å². The molecule has 1 saturated carbocycles. The first-order valence-corrected chi connectivity index (χ1v) is 8.37. The van der Waals surface area contributed by atoms with Crippen LogP contribution in [0.5, 0.6) is 0 Å². The number of aliphatic hydroxyl groups is 1. The lowest BCUT2D eigenvalue weighted by molar-refractivity contribution is -0.150. The van der Waals surface area contributed by atoms with E-state index in [9.17, 15) is 14.4 Å². The fourth-order valence-corrected chi connectivity index (χ4v) is 2.93. The third-order valence-corrected chi connectivity index (χ3v) is 4.59. The van der Waals surface area contributed by atoms with Gasteiger partial charge in [0.2, 0.25) is 0 Å². The summed E-state index contributed by atoms with van der Waals surface area (Å²) in [5.74, 6) is -0.441. The maximum atomic E-state index is 12.4. The van der Waals surface area contributed by atoms with Crippen molar-refractivity contribution in [2.45, 2.75) is 58.8 Å². The Balaban J connectivity index is 2.81. The fourth-order valence-electron chi connectivity index (χ4n) is 2.93. The van der Waals surface area contributed by atoms with Gasteiger partial charge in [0, 0.05) is 24.7 Å². The molecule has 0 spiro atoms. The molecule has 1 fully saturated rings. The smallest absolute Gasteiger partial charge is 0.306 e. The lowest BCUT2D eigenvalue weighted by Gasteiger charge is -2.33. The Labute approximate surface area is 143 Å². The molecule has 0 heterocycles. The average Bonchev–Trinajstić information content (AvgIpc) is 2.56. The van der Waals surface area contributed by atoms with Crippen LogP contribution in [-0.4, -0.2) is 36.4 Å². The molecule has 1 aliphatic rings. The van der Waals surface area contributed by atoms with Crippen molar-refractivity contribution in [3.63, 3.8) is 0 Å². The van der Waals surface area contributed by atoms with Crippen molar-refractivity contribution >= 4 is 17.5 Å². The molecule has 0 aromatic carbocycles. The largest absolute Gasteiger partial charge is 0.469 e. The molecule has 1 unspecified atom stereocenters. The van der Waals surface area contributed by atoms with E-state index in [1.54, 1.807) is 0 Å². The highest BCUT2D eigenvalue weighted by Crippen LogP contribution is 2.39. The van der Waals surface area contributed by atoms with E-state index < -0.39 is 11.4 Å². The zero-order valence-corrected chi connectivity index (χ0v) is 14.9. The second kappa shape index (κ2) is 9.52. The predicted octanol–water partition coefficient (Wildman–Crippen LogP) is 2.91. The van der Waals surface area contributed by atoms with Gasteiger partial charge in [-0.15, -0.1) is 0 Å². The van der Waals surface area contributed by atoms with Gasteiger partial charge in [-0.1, -0.05) is 23.3 Å². The molecule has 0 radical (unpaired) electrons. The molecule has 0 aliphatic heterocycles. The van der Waals surface area contributed by atoms with Gasteiger partial charge in [-0.05, 0) is 33.1 Å². The van der Waals surface area contributed by atoms with Gasteiger partial charge in [-0.2, -0.15) is 0 Å². The van der Waals surface area contributed by atoms with Crippen molar-refractivity contribution < 1.29 is 24.2 Å². The third-order valence-electron chi connectivity index (χ3n) is 4.59. The lowest BCUT2D eigenvalue weighted by Crippen LogP contribution is -2.39. The van der Waals surface area contributed by atoms with E-state index in [1.807, 2.05) is 26.0 Å². The number of hydrogen-bond acceptors (Lipinski definition) is 5. The SMILES string of the molecule is COC(=O)CC1(C/C=C(\C)CC/C=C(\C)CO)CC(=O)CCC1=O. The van der Waals surface area contributed by atoms with Crippen LogP contribution in [-0.2, 0) is 19.1 Å². The van der Waals surface area contributed by atoms with Crippen molar-refractivity contribution in [3.8, 4) is 0 Å². The van der Waals surface area contributed by atoms with E-state index in [2.05, 4.69) is 0 Å². The Morgan fingerprint density at radius 3 is 2.54 bits per heavy atom. The Bertz CT molecular complexity index is 544. The Hall–Kier alpha value is -1.75. The van der Waals surface area contributed by atoms with E-state index in [4.69, 9.17) is 9.84 Å². The number of rotatable bonds is 8. The third kappa shape index (κ3) is 6.04. The highest BCUT2D eigenvalue weighted by atomic mass is 16.5. The number of methoxy groups -OCH3 is 1. The summed E-state index contributed by atoms with van der Waals surface area (Å²) < 4.78 is 4.72. The molecule has 1 N–H and O–H groups in total. The molecular weight excluding hydrogens is 308 g/mol. The maximum absolute atomic E-state index is 12.4. The van der Waals surface area contributed by atoms with Gasteiger partial charge in [0.25, 0.3) is 0 Å². The summed E-state index contributed by atoms with van der Waals surface area (Å²) in [6.45, 7) is 3.90. The molecule has 1 atom stereocenters. The van der Waals surface area contributed by atoms with Crippen LogP contribution in [0.2, 0.25) is 0 Å². The molecule has 134 valence electrons. The number of carbonyl (C=O) groups excluding carboxylic acids is 3. The highest BCUT2D eigenvalue weighted by Gasteiger charge is 2.44. The molecular formula is C19H28O5. The summed E-state index contributed by atoms with van der Waals surface area (Å²) in [4.78, 5) is 36.0. The fraction of sp³-hybridized carbons (Fsp3) is 0.632. The molecule has 1 rings (SSSR count). The summed E-state index contributed by atoms with van der Waals surface area (Å²) in [5.41, 5.74) is 1.09. The van der Waals surface area contributed by atoms with E-state index in [0.29, 0.717) is 6.42 Å². The summed E-state index contributed by atoms with van der Waals surface area (Å²) in [5, 5.41) is 8.97. The molecule has 0 aromatic rings. The minimum atomic E-state index is -0.944. The topological polar surface area (TPSA) is 80.7 Å². The van der Waals surface area contributed by atoms with E-state index in [1.165, 1.54) is 7.11 Å². The normalized spacial score (nSPS) is 22.7. The van der Waals surface area contributed by atoms with Gasteiger partial charge in [-0.3, -0.25) is 14.4 Å². The molecule has 1 aliphatic carbocycles. The number of allylic oxidation sites excluding steroid dienone is 3. The van der Waals surface area contributed by atoms with E-state index in [-0.39, 0.29) is 43.9 Å².